The second kappa shape index (κ2) is 15.8. The van der Waals surface area contributed by atoms with Crippen molar-refractivity contribution in [1.82, 2.24) is 10.6 Å². The molecule has 10 heteroatoms. The minimum absolute atomic E-state index is 0.410. The lowest BCUT2D eigenvalue weighted by Crippen LogP contribution is -2.33. The highest BCUT2D eigenvalue weighted by atomic mass is 31.2. The summed E-state index contributed by atoms with van der Waals surface area (Å²) in [5, 5.41) is 15.8. The van der Waals surface area contributed by atoms with E-state index in [1.54, 1.807) is 24.3 Å². The molecule has 0 bridgehead atoms. The minimum atomic E-state index is -1.47. The van der Waals surface area contributed by atoms with Crippen LogP contribution in [0.3, 0.4) is 0 Å². The van der Waals surface area contributed by atoms with Gasteiger partial charge in [0, 0.05) is 13.1 Å². The molecule has 1 aromatic carbocycles. The Kier molecular flexibility index (Phi) is 14.0. The second-order valence-corrected chi connectivity index (χ2v) is 9.40. The molecule has 0 saturated heterocycles. The topological polar surface area (TPSA) is 115 Å². The van der Waals surface area contributed by atoms with Gasteiger partial charge in [0.25, 0.3) is 5.91 Å². The molecule has 188 valence electrons. The summed E-state index contributed by atoms with van der Waals surface area (Å²) in [6.07, 6.45) is 1.78. The van der Waals surface area contributed by atoms with Crippen molar-refractivity contribution >= 4 is 20.6 Å². The van der Waals surface area contributed by atoms with Gasteiger partial charge in [0.2, 0.25) is 0 Å². The van der Waals surface area contributed by atoms with Gasteiger partial charge in [-0.2, -0.15) is 0 Å². The van der Waals surface area contributed by atoms with Crippen molar-refractivity contribution in [2.45, 2.75) is 72.0 Å². The number of unbranched alkanes of at least 4 members (excludes halogenated alkanes) is 3. The molecule has 0 saturated carbocycles. The third kappa shape index (κ3) is 13.4. The first-order chi connectivity index (χ1) is 15.7. The van der Waals surface area contributed by atoms with E-state index in [9.17, 15) is 14.7 Å². The van der Waals surface area contributed by atoms with Crippen molar-refractivity contribution in [2.24, 2.45) is 0 Å². The SMILES string of the molecule is CCOP(OCC)Oc1ccc(C(O)C(=O)NCCCCCCNC(=O)OC(C)(C)C)cc1. The fourth-order valence-electron chi connectivity index (χ4n) is 2.67. The number of benzene rings is 1. The Morgan fingerprint density at radius 1 is 0.939 bits per heavy atom. The van der Waals surface area contributed by atoms with Crippen molar-refractivity contribution in [3.63, 3.8) is 0 Å². The predicted molar refractivity (Wildman–Crippen MR) is 128 cm³/mol. The van der Waals surface area contributed by atoms with E-state index in [2.05, 4.69) is 10.6 Å². The van der Waals surface area contributed by atoms with Crippen molar-refractivity contribution in [3.05, 3.63) is 29.8 Å². The summed E-state index contributed by atoms with van der Waals surface area (Å²) in [7, 11) is -1.47. The number of aliphatic hydroxyl groups is 1. The van der Waals surface area contributed by atoms with Crippen molar-refractivity contribution in [1.29, 1.82) is 0 Å². The van der Waals surface area contributed by atoms with Crippen LogP contribution in [0.4, 0.5) is 4.79 Å². The van der Waals surface area contributed by atoms with Gasteiger partial charge in [0.15, 0.2) is 6.10 Å². The van der Waals surface area contributed by atoms with E-state index in [0.29, 0.717) is 37.6 Å². The minimum Gasteiger partial charge on any atom is -0.444 e. The van der Waals surface area contributed by atoms with E-state index in [4.69, 9.17) is 18.3 Å². The molecule has 0 heterocycles. The van der Waals surface area contributed by atoms with Crippen LogP contribution in [0.25, 0.3) is 0 Å². The molecule has 1 rings (SSSR count). The smallest absolute Gasteiger partial charge is 0.407 e. The van der Waals surface area contributed by atoms with Gasteiger partial charge >= 0.3 is 14.7 Å². The highest BCUT2D eigenvalue weighted by Gasteiger charge is 2.18. The number of hydrogen-bond acceptors (Lipinski definition) is 7. The lowest BCUT2D eigenvalue weighted by Gasteiger charge is -2.19. The Morgan fingerprint density at radius 3 is 2.00 bits per heavy atom. The second-order valence-electron chi connectivity index (χ2n) is 8.26. The van der Waals surface area contributed by atoms with Crippen LogP contribution in [0, 0.1) is 0 Å². The summed E-state index contributed by atoms with van der Waals surface area (Å²) in [6, 6.07) is 6.63. The van der Waals surface area contributed by atoms with Crippen LogP contribution >= 0.6 is 8.60 Å². The molecular weight excluding hydrogens is 447 g/mol. The van der Waals surface area contributed by atoms with Crippen LogP contribution in [-0.4, -0.2) is 49.0 Å². The highest BCUT2D eigenvalue weighted by molar-refractivity contribution is 7.42. The van der Waals surface area contributed by atoms with Crippen molar-refractivity contribution in [3.8, 4) is 5.75 Å². The molecule has 33 heavy (non-hydrogen) atoms. The number of alkyl carbamates (subject to hydrolysis) is 1. The number of amides is 2. The standard InChI is InChI=1S/C23H39N2O7P/c1-6-29-33(30-7-2)32-19-14-12-18(13-15-19)20(26)21(27)24-16-10-8-9-11-17-25-22(28)31-23(3,4)5/h12-15,20,26H,6-11,16-17H2,1-5H3,(H,24,27)(H,25,28). The summed E-state index contributed by atoms with van der Waals surface area (Å²) in [5.74, 6) is 0.0988. The lowest BCUT2D eigenvalue weighted by atomic mass is 10.1. The molecule has 0 fully saturated rings. The molecule has 0 spiro atoms. The maximum atomic E-state index is 12.2. The Labute approximate surface area is 198 Å². The third-order valence-corrected chi connectivity index (χ3v) is 5.46. The molecule has 0 aliphatic heterocycles. The molecule has 3 N–H and O–H groups in total. The van der Waals surface area contributed by atoms with Gasteiger partial charge in [-0.1, -0.05) is 25.0 Å². The molecule has 0 aliphatic rings. The largest absolute Gasteiger partial charge is 0.444 e. The lowest BCUT2D eigenvalue weighted by molar-refractivity contribution is -0.129. The normalized spacial score (nSPS) is 12.3. The zero-order chi connectivity index (χ0) is 24.7. The monoisotopic (exact) mass is 486 g/mol. The Hall–Kier alpha value is -1.93. The molecular formula is C23H39N2O7P. The van der Waals surface area contributed by atoms with Gasteiger partial charge in [-0.3, -0.25) is 4.79 Å². The molecule has 1 aromatic rings. The van der Waals surface area contributed by atoms with E-state index < -0.39 is 32.3 Å². The van der Waals surface area contributed by atoms with E-state index in [1.165, 1.54) is 0 Å². The van der Waals surface area contributed by atoms with Crippen LogP contribution < -0.4 is 15.2 Å². The van der Waals surface area contributed by atoms with Gasteiger partial charge in [0.1, 0.15) is 11.4 Å². The van der Waals surface area contributed by atoms with Crippen molar-refractivity contribution in [2.75, 3.05) is 26.3 Å². The van der Waals surface area contributed by atoms with Crippen molar-refractivity contribution < 1.29 is 33.0 Å². The zero-order valence-corrected chi connectivity index (χ0v) is 21.3. The zero-order valence-electron chi connectivity index (χ0n) is 20.4. The number of carbonyl (C=O) groups is 2. The van der Waals surface area contributed by atoms with E-state index in [0.717, 1.165) is 25.7 Å². The molecule has 0 aromatic heterocycles. The quantitative estimate of drug-likeness (QED) is 0.245. The molecule has 2 amide bonds. The first-order valence-electron chi connectivity index (χ1n) is 11.4. The first-order valence-corrected chi connectivity index (χ1v) is 12.5. The van der Waals surface area contributed by atoms with Crippen LogP contribution in [0.2, 0.25) is 0 Å². The maximum Gasteiger partial charge on any atom is 0.407 e. The van der Waals surface area contributed by atoms with Crippen LogP contribution in [0.1, 0.15) is 72.0 Å². The summed E-state index contributed by atoms with van der Waals surface area (Å²) >= 11 is 0. The summed E-state index contributed by atoms with van der Waals surface area (Å²) in [4.78, 5) is 23.8. The number of ether oxygens (including phenoxy) is 1. The van der Waals surface area contributed by atoms with E-state index in [1.807, 2.05) is 34.6 Å². The highest BCUT2D eigenvalue weighted by Crippen LogP contribution is 2.40. The number of rotatable bonds is 15. The van der Waals surface area contributed by atoms with Gasteiger partial charge in [-0.25, -0.2) is 4.79 Å². The summed E-state index contributed by atoms with van der Waals surface area (Å²) in [6.45, 7) is 11.2. The van der Waals surface area contributed by atoms with Gasteiger partial charge < -0.3 is 34.0 Å². The fourth-order valence-corrected chi connectivity index (χ4v) is 3.56. The number of aliphatic hydroxyl groups excluding tert-OH is 1. The van der Waals surface area contributed by atoms with E-state index >= 15 is 0 Å². The molecule has 9 nitrogen and oxygen atoms in total. The molecule has 0 radical (unpaired) electrons. The molecule has 1 atom stereocenters. The molecule has 0 aliphatic carbocycles. The Bertz CT molecular complexity index is 689. The van der Waals surface area contributed by atoms with Gasteiger partial charge in [0.05, 0.1) is 13.2 Å². The fraction of sp³-hybridized carbons (Fsp3) is 0.652. The predicted octanol–water partition coefficient (Wildman–Crippen LogP) is 4.60. The average molecular weight is 487 g/mol. The number of nitrogens with one attached hydrogen (secondary N) is 2. The number of carbonyl (C=O) groups excluding carboxylic acids is 2. The summed E-state index contributed by atoms with van der Waals surface area (Å²) < 4.78 is 21.6. The maximum absolute atomic E-state index is 12.2. The van der Waals surface area contributed by atoms with Gasteiger partial charge in [-0.05, 0) is 65.2 Å². The van der Waals surface area contributed by atoms with Gasteiger partial charge in [-0.15, -0.1) is 0 Å². The Balaban J connectivity index is 2.24. The Morgan fingerprint density at radius 2 is 1.48 bits per heavy atom. The summed E-state index contributed by atoms with van der Waals surface area (Å²) in [5.41, 5.74) is -0.0233. The molecule has 1 unspecified atom stereocenters. The van der Waals surface area contributed by atoms with Crippen LogP contribution in [0.15, 0.2) is 24.3 Å². The van der Waals surface area contributed by atoms with Crippen LogP contribution in [-0.2, 0) is 18.6 Å². The van der Waals surface area contributed by atoms with Crippen LogP contribution in [0.5, 0.6) is 5.75 Å². The number of hydrogen-bond donors (Lipinski definition) is 3. The average Bonchev–Trinajstić information content (AvgIpc) is 2.74. The first kappa shape index (κ1) is 29.1. The van der Waals surface area contributed by atoms with E-state index in [-0.39, 0.29) is 0 Å². The third-order valence-electron chi connectivity index (χ3n) is 4.16.